The van der Waals surface area contributed by atoms with Gasteiger partial charge in [0, 0.05) is 5.38 Å². The van der Waals surface area contributed by atoms with Crippen LogP contribution in [0.15, 0.2) is 46.4 Å². The van der Waals surface area contributed by atoms with Gasteiger partial charge in [-0.05, 0) is 36.8 Å². The fraction of sp³-hybridized carbons (Fsp3) is 0.211. The molecule has 9 heteroatoms. The SMILES string of the molecule is COc1ccc(C)cc1NC(=O)Cc1csc(NC(=O)NCc2ccco2)n1. The summed E-state index contributed by atoms with van der Waals surface area (Å²) in [6.07, 6.45) is 1.63. The summed E-state index contributed by atoms with van der Waals surface area (Å²) in [5.74, 6) is 1.02. The molecule has 0 bridgehead atoms. The van der Waals surface area contributed by atoms with Crippen LogP contribution in [-0.4, -0.2) is 24.0 Å². The first-order valence-electron chi connectivity index (χ1n) is 8.49. The fourth-order valence-corrected chi connectivity index (χ4v) is 3.15. The Morgan fingerprint density at radius 2 is 2.11 bits per heavy atom. The number of hydrogen-bond acceptors (Lipinski definition) is 6. The van der Waals surface area contributed by atoms with E-state index in [2.05, 4.69) is 20.9 Å². The smallest absolute Gasteiger partial charge is 0.321 e. The van der Waals surface area contributed by atoms with Crippen LogP contribution >= 0.6 is 11.3 Å². The summed E-state index contributed by atoms with van der Waals surface area (Å²) in [6, 6.07) is 8.67. The summed E-state index contributed by atoms with van der Waals surface area (Å²) in [6.45, 7) is 2.21. The van der Waals surface area contributed by atoms with Crippen LogP contribution in [0.2, 0.25) is 0 Å². The van der Waals surface area contributed by atoms with Crippen molar-refractivity contribution in [1.29, 1.82) is 0 Å². The van der Waals surface area contributed by atoms with Gasteiger partial charge in [-0.1, -0.05) is 6.07 Å². The van der Waals surface area contributed by atoms with Gasteiger partial charge in [-0.3, -0.25) is 10.1 Å². The maximum atomic E-state index is 12.3. The molecule has 2 aromatic heterocycles. The number of aromatic nitrogens is 1. The number of hydrogen-bond donors (Lipinski definition) is 3. The number of thiazole rings is 1. The van der Waals surface area contributed by atoms with Gasteiger partial charge in [0.15, 0.2) is 5.13 Å². The zero-order valence-electron chi connectivity index (χ0n) is 15.4. The molecule has 3 aromatic rings. The molecule has 3 rings (SSSR count). The second-order valence-corrected chi connectivity index (χ2v) is 6.82. The average molecular weight is 400 g/mol. The Kier molecular flexibility index (Phi) is 6.28. The minimum absolute atomic E-state index is 0.0866. The number of carbonyl (C=O) groups excluding carboxylic acids is 2. The molecule has 0 fully saturated rings. The lowest BCUT2D eigenvalue weighted by molar-refractivity contribution is -0.115. The van der Waals surface area contributed by atoms with Crippen molar-refractivity contribution in [3.05, 3.63) is 59.0 Å². The van der Waals surface area contributed by atoms with Gasteiger partial charge in [0.25, 0.3) is 0 Å². The number of carbonyl (C=O) groups is 2. The molecule has 0 spiro atoms. The molecule has 0 aliphatic rings. The average Bonchev–Trinajstić information content (AvgIpc) is 3.32. The van der Waals surface area contributed by atoms with Crippen LogP contribution in [-0.2, 0) is 17.8 Å². The van der Waals surface area contributed by atoms with Crippen molar-refractivity contribution in [3.8, 4) is 5.75 Å². The molecule has 8 nitrogen and oxygen atoms in total. The first kappa shape index (κ1) is 19.4. The monoisotopic (exact) mass is 400 g/mol. The molecule has 3 N–H and O–H groups in total. The van der Waals surface area contributed by atoms with E-state index in [1.54, 1.807) is 37.0 Å². The van der Waals surface area contributed by atoms with Crippen LogP contribution in [0.3, 0.4) is 0 Å². The van der Waals surface area contributed by atoms with Crippen LogP contribution in [0.1, 0.15) is 17.0 Å². The number of amides is 3. The molecule has 2 heterocycles. The minimum atomic E-state index is -0.397. The Hall–Kier alpha value is -3.33. The molecule has 0 saturated heterocycles. The summed E-state index contributed by atoms with van der Waals surface area (Å²) in [4.78, 5) is 28.5. The number of nitrogens with one attached hydrogen (secondary N) is 3. The lowest BCUT2D eigenvalue weighted by atomic mass is 10.2. The second kappa shape index (κ2) is 9.05. The maximum Gasteiger partial charge on any atom is 0.321 e. The van der Waals surface area contributed by atoms with E-state index in [9.17, 15) is 9.59 Å². The maximum absolute atomic E-state index is 12.3. The summed E-state index contributed by atoms with van der Waals surface area (Å²) in [5.41, 5.74) is 2.19. The number of ether oxygens (including phenoxy) is 1. The van der Waals surface area contributed by atoms with Gasteiger partial charge in [0.2, 0.25) is 5.91 Å². The zero-order valence-corrected chi connectivity index (χ0v) is 16.3. The van der Waals surface area contributed by atoms with Crippen LogP contribution < -0.4 is 20.7 Å². The predicted octanol–water partition coefficient (Wildman–Crippen LogP) is 3.56. The Bertz CT molecular complexity index is 953. The number of benzene rings is 1. The molecule has 0 atom stereocenters. The standard InChI is InChI=1S/C19H20N4O4S/c1-12-5-6-16(26-2)15(8-12)22-17(24)9-13-11-28-19(21-13)23-18(25)20-10-14-4-3-7-27-14/h3-8,11H,9-10H2,1-2H3,(H,22,24)(H2,20,21,23,25). The van der Waals surface area contributed by atoms with Crippen molar-refractivity contribution in [1.82, 2.24) is 10.3 Å². The van der Waals surface area contributed by atoms with E-state index >= 15 is 0 Å². The fourth-order valence-electron chi connectivity index (χ4n) is 2.45. The lowest BCUT2D eigenvalue weighted by Crippen LogP contribution is -2.28. The van der Waals surface area contributed by atoms with Crippen LogP contribution in [0.25, 0.3) is 0 Å². The molecular weight excluding hydrogens is 380 g/mol. The quantitative estimate of drug-likeness (QED) is 0.562. The van der Waals surface area contributed by atoms with E-state index in [0.717, 1.165) is 5.56 Å². The Morgan fingerprint density at radius 1 is 1.25 bits per heavy atom. The second-order valence-electron chi connectivity index (χ2n) is 5.96. The molecule has 0 saturated carbocycles. The van der Waals surface area contributed by atoms with E-state index in [1.807, 2.05) is 19.1 Å². The largest absolute Gasteiger partial charge is 0.495 e. The molecule has 0 aliphatic carbocycles. The van der Waals surface area contributed by atoms with Crippen molar-refractivity contribution in [2.45, 2.75) is 19.9 Å². The van der Waals surface area contributed by atoms with Gasteiger partial charge >= 0.3 is 6.03 Å². The number of nitrogens with zero attached hydrogens (tertiary/aromatic N) is 1. The molecule has 28 heavy (non-hydrogen) atoms. The summed E-state index contributed by atoms with van der Waals surface area (Å²) in [5, 5.41) is 10.3. The van der Waals surface area contributed by atoms with E-state index in [4.69, 9.17) is 9.15 Å². The highest BCUT2D eigenvalue weighted by Gasteiger charge is 2.12. The molecular formula is C19H20N4O4S. The Balaban J connectivity index is 1.52. The summed E-state index contributed by atoms with van der Waals surface area (Å²) < 4.78 is 10.4. The van der Waals surface area contributed by atoms with Crippen molar-refractivity contribution in [3.63, 3.8) is 0 Å². The number of aryl methyl sites for hydroxylation is 1. The zero-order chi connectivity index (χ0) is 19.9. The number of urea groups is 1. The van der Waals surface area contributed by atoms with Crippen LogP contribution in [0, 0.1) is 6.92 Å². The van der Waals surface area contributed by atoms with E-state index in [0.29, 0.717) is 28.0 Å². The van der Waals surface area contributed by atoms with E-state index < -0.39 is 6.03 Å². The topological polar surface area (TPSA) is 105 Å². The van der Waals surface area contributed by atoms with E-state index in [1.165, 1.54) is 11.3 Å². The van der Waals surface area contributed by atoms with Gasteiger partial charge < -0.3 is 19.8 Å². The number of anilines is 2. The molecule has 146 valence electrons. The first-order chi connectivity index (χ1) is 13.5. The highest BCUT2D eigenvalue weighted by Crippen LogP contribution is 2.25. The highest BCUT2D eigenvalue weighted by atomic mass is 32.1. The van der Waals surface area contributed by atoms with Gasteiger partial charge in [-0.2, -0.15) is 0 Å². The van der Waals surface area contributed by atoms with Crippen LogP contribution in [0.5, 0.6) is 5.75 Å². The van der Waals surface area contributed by atoms with Gasteiger partial charge in [0.05, 0.1) is 37.7 Å². The molecule has 1 aromatic carbocycles. The normalized spacial score (nSPS) is 10.4. The molecule has 0 unspecified atom stereocenters. The van der Waals surface area contributed by atoms with Gasteiger partial charge in [-0.25, -0.2) is 9.78 Å². The Morgan fingerprint density at radius 3 is 2.86 bits per heavy atom. The van der Waals surface area contributed by atoms with Crippen molar-refractivity contribution in [2.24, 2.45) is 0 Å². The highest BCUT2D eigenvalue weighted by molar-refractivity contribution is 7.13. The summed E-state index contributed by atoms with van der Waals surface area (Å²) >= 11 is 1.25. The van der Waals surface area contributed by atoms with Crippen molar-refractivity contribution in [2.75, 3.05) is 17.7 Å². The van der Waals surface area contributed by atoms with Gasteiger partial charge in [0.1, 0.15) is 11.5 Å². The number of methoxy groups -OCH3 is 1. The lowest BCUT2D eigenvalue weighted by Gasteiger charge is -2.10. The van der Waals surface area contributed by atoms with E-state index in [-0.39, 0.29) is 18.9 Å². The minimum Gasteiger partial charge on any atom is -0.495 e. The number of rotatable bonds is 7. The van der Waals surface area contributed by atoms with Crippen LogP contribution in [0.4, 0.5) is 15.6 Å². The number of furan rings is 1. The third kappa shape index (κ3) is 5.34. The Labute approximate surface area is 165 Å². The third-order valence-electron chi connectivity index (χ3n) is 3.75. The molecule has 3 amide bonds. The van der Waals surface area contributed by atoms with Crippen molar-refractivity contribution >= 4 is 34.1 Å². The van der Waals surface area contributed by atoms with Gasteiger partial charge in [-0.15, -0.1) is 11.3 Å². The first-order valence-corrected chi connectivity index (χ1v) is 9.37. The predicted molar refractivity (Wildman–Crippen MR) is 107 cm³/mol. The van der Waals surface area contributed by atoms with Crippen molar-refractivity contribution < 1.29 is 18.7 Å². The molecule has 0 aliphatic heterocycles. The molecule has 0 radical (unpaired) electrons. The third-order valence-corrected chi connectivity index (χ3v) is 4.55. The summed E-state index contributed by atoms with van der Waals surface area (Å²) in [7, 11) is 1.55.